The highest BCUT2D eigenvalue weighted by atomic mass is 32.2. The van der Waals surface area contributed by atoms with Crippen LogP contribution in [-0.2, 0) is 4.79 Å². The first-order valence-corrected chi connectivity index (χ1v) is 7.42. The van der Waals surface area contributed by atoms with Crippen molar-refractivity contribution < 1.29 is 14.7 Å². The van der Waals surface area contributed by atoms with Gasteiger partial charge in [0.05, 0.1) is 0 Å². The van der Waals surface area contributed by atoms with Crippen molar-refractivity contribution in [3.63, 3.8) is 0 Å². The number of aromatic nitrogens is 2. The van der Waals surface area contributed by atoms with Gasteiger partial charge >= 0.3 is 5.97 Å². The van der Waals surface area contributed by atoms with Gasteiger partial charge < -0.3 is 16.2 Å². The molecular formula is C14H14N4O4S. The van der Waals surface area contributed by atoms with E-state index in [1.807, 2.05) is 0 Å². The molecule has 0 saturated carbocycles. The van der Waals surface area contributed by atoms with Crippen molar-refractivity contribution in [2.45, 2.75) is 17.3 Å². The average Bonchev–Trinajstić information content (AvgIpc) is 2.51. The summed E-state index contributed by atoms with van der Waals surface area (Å²) in [6.07, 6.45) is 0. The van der Waals surface area contributed by atoms with Crippen LogP contribution in [0.15, 0.2) is 40.3 Å². The molecule has 1 aromatic heterocycles. The zero-order chi connectivity index (χ0) is 17.0. The molecular weight excluding hydrogens is 320 g/mol. The van der Waals surface area contributed by atoms with Gasteiger partial charge in [-0.05, 0) is 19.1 Å². The lowest BCUT2D eigenvalue weighted by Crippen LogP contribution is -2.23. The molecule has 1 amide bonds. The third-order valence-corrected chi connectivity index (χ3v) is 3.81. The Balaban J connectivity index is 2.22. The van der Waals surface area contributed by atoms with Gasteiger partial charge in [-0.15, -0.1) is 0 Å². The Morgan fingerprint density at radius 1 is 1.35 bits per heavy atom. The van der Waals surface area contributed by atoms with E-state index in [0.717, 1.165) is 11.8 Å². The number of rotatable bonds is 5. The van der Waals surface area contributed by atoms with E-state index >= 15 is 0 Å². The largest absolute Gasteiger partial charge is 0.480 e. The molecule has 0 radical (unpaired) electrons. The number of carbonyl (C=O) groups excluding carboxylic acids is 1. The fourth-order valence-corrected chi connectivity index (χ4v) is 2.38. The number of aromatic amines is 1. The Morgan fingerprint density at radius 2 is 2.00 bits per heavy atom. The fraction of sp³-hybridized carbons (Fsp3) is 0.143. The Kier molecular flexibility index (Phi) is 5.02. The number of hydrogen-bond acceptors (Lipinski definition) is 6. The molecule has 120 valence electrons. The summed E-state index contributed by atoms with van der Waals surface area (Å²) in [5.74, 6) is -1.72. The molecule has 2 rings (SSSR count). The quantitative estimate of drug-likeness (QED) is 0.475. The first-order chi connectivity index (χ1) is 10.9. The minimum absolute atomic E-state index is 0.0695. The molecule has 0 spiro atoms. The number of anilines is 2. The standard InChI is InChI=1S/C14H14N4O4S/c1-7(13(21)22)23-14-17-10(15)9(12(20)18-14)16-11(19)8-5-3-2-4-6-8/h2-7H,1H3,(H,16,19)(H,21,22)(H3,15,17,18,20)/t7-/m0/s1. The zero-order valence-electron chi connectivity index (χ0n) is 12.1. The molecule has 1 aromatic carbocycles. The Labute approximate surface area is 135 Å². The van der Waals surface area contributed by atoms with Crippen LogP contribution in [0.3, 0.4) is 0 Å². The lowest BCUT2D eigenvalue weighted by molar-refractivity contribution is -0.136. The summed E-state index contributed by atoms with van der Waals surface area (Å²) < 4.78 is 0. The Morgan fingerprint density at radius 3 is 2.57 bits per heavy atom. The molecule has 0 aliphatic rings. The fourth-order valence-electron chi connectivity index (χ4n) is 1.64. The maximum absolute atomic E-state index is 12.0. The molecule has 1 atom stereocenters. The highest BCUT2D eigenvalue weighted by Crippen LogP contribution is 2.21. The second-order valence-corrected chi connectivity index (χ2v) is 5.88. The number of benzene rings is 1. The number of aliphatic carboxylic acids is 1. The maximum atomic E-state index is 12.0. The summed E-state index contributed by atoms with van der Waals surface area (Å²) in [7, 11) is 0. The number of carboxylic acid groups (broad SMARTS) is 1. The molecule has 5 N–H and O–H groups in total. The molecule has 0 unspecified atom stereocenters. The molecule has 0 saturated heterocycles. The van der Waals surface area contributed by atoms with E-state index in [9.17, 15) is 14.4 Å². The van der Waals surface area contributed by atoms with Gasteiger partial charge in [-0.3, -0.25) is 19.4 Å². The van der Waals surface area contributed by atoms with E-state index in [1.54, 1.807) is 30.3 Å². The lowest BCUT2D eigenvalue weighted by atomic mass is 10.2. The number of thioether (sulfide) groups is 1. The Bertz CT molecular complexity index is 791. The van der Waals surface area contributed by atoms with Gasteiger partial charge in [0.2, 0.25) is 0 Å². The van der Waals surface area contributed by atoms with E-state index in [1.165, 1.54) is 6.92 Å². The number of carboxylic acids is 1. The first kappa shape index (κ1) is 16.6. The number of nitrogens with two attached hydrogens (primary N) is 1. The molecule has 8 nitrogen and oxygen atoms in total. The van der Waals surface area contributed by atoms with E-state index in [-0.39, 0.29) is 16.7 Å². The predicted octanol–water partition coefficient (Wildman–Crippen LogP) is 1.17. The van der Waals surface area contributed by atoms with Gasteiger partial charge in [0.15, 0.2) is 11.0 Å². The van der Waals surface area contributed by atoms with E-state index in [0.29, 0.717) is 5.56 Å². The van der Waals surface area contributed by atoms with Crippen molar-refractivity contribution in [1.29, 1.82) is 0 Å². The van der Waals surface area contributed by atoms with Gasteiger partial charge in [0.1, 0.15) is 10.9 Å². The molecule has 2 aromatic rings. The van der Waals surface area contributed by atoms with Crippen LogP contribution in [0.25, 0.3) is 0 Å². The normalized spacial score (nSPS) is 11.7. The Hall–Kier alpha value is -2.81. The SMILES string of the molecule is C[C@H](Sc1nc(N)c(NC(=O)c2ccccc2)c(=O)[nH]1)C(=O)O. The minimum Gasteiger partial charge on any atom is -0.480 e. The van der Waals surface area contributed by atoms with Gasteiger partial charge in [-0.2, -0.15) is 0 Å². The van der Waals surface area contributed by atoms with Crippen molar-refractivity contribution in [3.05, 3.63) is 46.2 Å². The van der Waals surface area contributed by atoms with Crippen molar-refractivity contribution in [1.82, 2.24) is 9.97 Å². The van der Waals surface area contributed by atoms with E-state index < -0.39 is 22.7 Å². The van der Waals surface area contributed by atoms with Crippen LogP contribution in [0.4, 0.5) is 11.5 Å². The average molecular weight is 334 g/mol. The highest BCUT2D eigenvalue weighted by molar-refractivity contribution is 8.00. The summed E-state index contributed by atoms with van der Waals surface area (Å²) >= 11 is 0.845. The molecule has 0 bridgehead atoms. The molecule has 0 aliphatic carbocycles. The summed E-state index contributed by atoms with van der Waals surface area (Å²) in [6.45, 7) is 1.45. The van der Waals surface area contributed by atoms with Gasteiger partial charge in [-0.25, -0.2) is 4.98 Å². The van der Waals surface area contributed by atoms with Crippen LogP contribution < -0.4 is 16.6 Å². The number of H-pyrrole nitrogens is 1. The van der Waals surface area contributed by atoms with Crippen LogP contribution in [0, 0.1) is 0 Å². The van der Waals surface area contributed by atoms with Crippen molar-refractivity contribution >= 4 is 35.1 Å². The molecule has 23 heavy (non-hydrogen) atoms. The first-order valence-electron chi connectivity index (χ1n) is 6.54. The van der Waals surface area contributed by atoms with Crippen molar-refractivity contribution in [3.8, 4) is 0 Å². The van der Waals surface area contributed by atoms with Crippen LogP contribution in [0.2, 0.25) is 0 Å². The van der Waals surface area contributed by atoms with Crippen molar-refractivity contribution in [2.24, 2.45) is 0 Å². The van der Waals surface area contributed by atoms with Crippen LogP contribution >= 0.6 is 11.8 Å². The molecule has 1 heterocycles. The van der Waals surface area contributed by atoms with Gasteiger partial charge in [-0.1, -0.05) is 30.0 Å². The number of nitrogens with one attached hydrogen (secondary N) is 2. The maximum Gasteiger partial charge on any atom is 0.316 e. The van der Waals surface area contributed by atoms with Crippen LogP contribution in [0.5, 0.6) is 0 Å². The highest BCUT2D eigenvalue weighted by Gasteiger charge is 2.17. The van der Waals surface area contributed by atoms with Crippen LogP contribution in [0.1, 0.15) is 17.3 Å². The third-order valence-electron chi connectivity index (χ3n) is 2.84. The number of nitrogen functional groups attached to an aromatic ring is 1. The van der Waals surface area contributed by atoms with Crippen molar-refractivity contribution in [2.75, 3.05) is 11.1 Å². The smallest absolute Gasteiger partial charge is 0.316 e. The number of nitrogens with zero attached hydrogens (tertiary/aromatic N) is 1. The molecule has 9 heteroatoms. The van der Waals surface area contributed by atoms with Crippen LogP contribution in [-0.4, -0.2) is 32.2 Å². The topological polar surface area (TPSA) is 138 Å². The van der Waals surface area contributed by atoms with Gasteiger partial charge in [0.25, 0.3) is 11.5 Å². The second kappa shape index (κ2) is 6.97. The monoisotopic (exact) mass is 334 g/mol. The van der Waals surface area contributed by atoms with E-state index in [2.05, 4.69) is 15.3 Å². The van der Waals surface area contributed by atoms with E-state index in [4.69, 9.17) is 10.8 Å². The molecule has 0 fully saturated rings. The summed E-state index contributed by atoms with van der Waals surface area (Å²) in [5, 5.41) is 10.5. The summed E-state index contributed by atoms with van der Waals surface area (Å²) in [4.78, 5) is 41.2. The zero-order valence-corrected chi connectivity index (χ0v) is 12.9. The molecule has 0 aliphatic heterocycles. The summed E-state index contributed by atoms with van der Waals surface area (Å²) in [5.41, 5.74) is 5.23. The minimum atomic E-state index is -1.04. The number of carbonyl (C=O) groups is 2. The summed E-state index contributed by atoms with van der Waals surface area (Å²) in [6, 6.07) is 8.31. The second-order valence-electron chi connectivity index (χ2n) is 4.55. The number of amides is 1. The number of hydrogen-bond donors (Lipinski definition) is 4. The lowest BCUT2D eigenvalue weighted by Gasteiger charge is -2.09. The predicted molar refractivity (Wildman–Crippen MR) is 86.6 cm³/mol. The van der Waals surface area contributed by atoms with Gasteiger partial charge in [0, 0.05) is 5.56 Å². The third kappa shape index (κ3) is 4.10.